The molecule has 0 atom stereocenters. The average Bonchev–Trinajstić information content (AvgIpc) is 2.45. The fraction of sp³-hybridized carbons (Fsp3) is 0.176. The number of hydrogen-bond donors (Lipinski definition) is 1. The summed E-state index contributed by atoms with van der Waals surface area (Å²) in [6, 6.07) is 16.4. The number of aryl methyl sites for hydroxylation is 1. The van der Waals surface area contributed by atoms with E-state index in [2.05, 4.69) is 42.6 Å². The van der Waals surface area contributed by atoms with E-state index >= 15 is 0 Å². The minimum absolute atomic E-state index is 0.773. The smallest absolute Gasteiger partial charge is 0.141 e. The van der Waals surface area contributed by atoms with Crippen LogP contribution in [0.4, 0.5) is 5.69 Å². The summed E-state index contributed by atoms with van der Waals surface area (Å²) in [6.45, 7) is 2.85. The van der Waals surface area contributed by atoms with Crippen LogP contribution in [0, 0.1) is 6.92 Å². The molecule has 2 aromatic carbocycles. The maximum Gasteiger partial charge on any atom is 0.141 e. The van der Waals surface area contributed by atoms with Crippen molar-refractivity contribution in [1.29, 1.82) is 0 Å². The van der Waals surface area contributed by atoms with E-state index in [4.69, 9.17) is 4.74 Å². The Labute approximate surface area is 114 Å². The molecule has 0 spiro atoms. The molecule has 0 aliphatic rings. The van der Waals surface area contributed by atoms with Crippen LogP contribution in [0.5, 0.6) is 5.75 Å². The average molecular weight is 253 g/mol. The van der Waals surface area contributed by atoms with Crippen molar-refractivity contribution in [3.63, 3.8) is 0 Å². The lowest BCUT2D eigenvalue weighted by Gasteiger charge is -2.10. The molecule has 98 valence electrons. The zero-order chi connectivity index (χ0) is 13.5. The predicted octanol–water partition coefficient (Wildman–Crippen LogP) is 4.13. The van der Waals surface area contributed by atoms with Crippen molar-refractivity contribution in [2.45, 2.75) is 6.92 Å². The third-order valence-corrected chi connectivity index (χ3v) is 2.88. The molecule has 0 aliphatic carbocycles. The van der Waals surface area contributed by atoms with Crippen LogP contribution < -0.4 is 10.1 Å². The van der Waals surface area contributed by atoms with Gasteiger partial charge in [-0.1, -0.05) is 48.6 Å². The second-order valence-electron chi connectivity index (χ2n) is 4.40. The fourth-order valence-corrected chi connectivity index (χ4v) is 1.89. The summed E-state index contributed by atoms with van der Waals surface area (Å²) in [5.74, 6) is 0.874. The van der Waals surface area contributed by atoms with Crippen LogP contribution in [-0.4, -0.2) is 13.7 Å². The van der Waals surface area contributed by atoms with Crippen LogP contribution >= 0.6 is 0 Å². The van der Waals surface area contributed by atoms with Gasteiger partial charge in [-0.25, -0.2) is 0 Å². The SMILES string of the molecule is COc1ccc(C)cc1NCC=Cc1ccccc1. The number of ether oxygens (including phenoxy) is 1. The van der Waals surface area contributed by atoms with E-state index in [0.29, 0.717) is 0 Å². The van der Waals surface area contributed by atoms with Crippen LogP contribution in [0.1, 0.15) is 11.1 Å². The van der Waals surface area contributed by atoms with Gasteiger partial charge in [0.1, 0.15) is 5.75 Å². The zero-order valence-electron chi connectivity index (χ0n) is 11.4. The lowest BCUT2D eigenvalue weighted by molar-refractivity contribution is 0.416. The first-order chi connectivity index (χ1) is 9.29. The molecule has 0 aromatic heterocycles. The van der Waals surface area contributed by atoms with Crippen molar-refractivity contribution < 1.29 is 4.74 Å². The van der Waals surface area contributed by atoms with E-state index in [-0.39, 0.29) is 0 Å². The van der Waals surface area contributed by atoms with E-state index < -0.39 is 0 Å². The van der Waals surface area contributed by atoms with Crippen molar-refractivity contribution in [3.8, 4) is 5.75 Å². The molecule has 0 saturated heterocycles. The van der Waals surface area contributed by atoms with Crippen molar-refractivity contribution in [3.05, 3.63) is 65.7 Å². The van der Waals surface area contributed by atoms with Crippen LogP contribution in [-0.2, 0) is 0 Å². The number of nitrogens with one attached hydrogen (secondary N) is 1. The van der Waals surface area contributed by atoms with Gasteiger partial charge >= 0.3 is 0 Å². The van der Waals surface area contributed by atoms with Gasteiger partial charge < -0.3 is 10.1 Å². The van der Waals surface area contributed by atoms with Crippen molar-refractivity contribution >= 4 is 11.8 Å². The van der Waals surface area contributed by atoms with Crippen LogP contribution in [0.25, 0.3) is 6.08 Å². The molecule has 2 nitrogen and oxygen atoms in total. The normalized spacial score (nSPS) is 10.6. The van der Waals surface area contributed by atoms with E-state index in [1.165, 1.54) is 11.1 Å². The molecule has 0 unspecified atom stereocenters. The van der Waals surface area contributed by atoms with Crippen molar-refractivity contribution in [1.82, 2.24) is 0 Å². The predicted molar refractivity (Wildman–Crippen MR) is 81.7 cm³/mol. The quantitative estimate of drug-likeness (QED) is 0.865. The topological polar surface area (TPSA) is 21.3 Å². The molecule has 0 bridgehead atoms. The number of hydrogen-bond acceptors (Lipinski definition) is 2. The Hall–Kier alpha value is -2.22. The molecule has 0 heterocycles. The van der Waals surface area contributed by atoms with Gasteiger partial charge in [0.25, 0.3) is 0 Å². The highest BCUT2D eigenvalue weighted by atomic mass is 16.5. The minimum Gasteiger partial charge on any atom is -0.495 e. The number of anilines is 1. The molecule has 0 fully saturated rings. The van der Waals surface area contributed by atoms with Gasteiger partial charge in [0, 0.05) is 6.54 Å². The van der Waals surface area contributed by atoms with Crippen LogP contribution in [0.3, 0.4) is 0 Å². The summed E-state index contributed by atoms with van der Waals surface area (Å²) in [5, 5.41) is 3.36. The Kier molecular flexibility index (Phi) is 4.62. The summed E-state index contributed by atoms with van der Waals surface area (Å²) < 4.78 is 5.33. The number of benzene rings is 2. The molecule has 2 heteroatoms. The largest absolute Gasteiger partial charge is 0.495 e. The summed E-state index contributed by atoms with van der Waals surface area (Å²) in [6.07, 6.45) is 4.21. The number of rotatable bonds is 5. The van der Waals surface area contributed by atoms with Crippen molar-refractivity contribution in [2.75, 3.05) is 19.0 Å². The molecular formula is C17H19NO. The first kappa shape index (κ1) is 13.2. The molecule has 0 amide bonds. The highest BCUT2D eigenvalue weighted by Gasteiger charge is 2.00. The third kappa shape index (κ3) is 3.88. The number of methoxy groups -OCH3 is 1. The van der Waals surface area contributed by atoms with E-state index in [1.54, 1.807) is 7.11 Å². The van der Waals surface area contributed by atoms with Gasteiger partial charge in [-0.05, 0) is 30.2 Å². The highest BCUT2D eigenvalue weighted by molar-refractivity contribution is 5.59. The molecule has 2 aromatic rings. The Morgan fingerprint density at radius 2 is 1.89 bits per heavy atom. The molecule has 1 N–H and O–H groups in total. The van der Waals surface area contributed by atoms with Crippen molar-refractivity contribution in [2.24, 2.45) is 0 Å². The highest BCUT2D eigenvalue weighted by Crippen LogP contribution is 2.24. The summed E-state index contributed by atoms with van der Waals surface area (Å²) in [5.41, 5.74) is 3.45. The van der Waals surface area contributed by atoms with Crippen LogP contribution in [0.2, 0.25) is 0 Å². The Balaban J connectivity index is 1.96. The molecule has 0 saturated carbocycles. The summed E-state index contributed by atoms with van der Waals surface area (Å²) in [4.78, 5) is 0. The zero-order valence-corrected chi connectivity index (χ0v) is 11.4. The Bertz CT molecular complexity index is 546. The molecular weight excluding hydrogens is 234 g/mol. The monoisotopic (exact) mass is 253 g/mol. The van der Waals surface area contributed by atoms with E-state index in [0.717, 1.165) is 18.0 Å². The van der Waals surface area contributed by atoms with Gasteiger partial charge in [0.15, 0.2) is 0 Å². The lowest BCUT2D eigenvalue weighted by atomic mass is 10.2. The minimum atomic E-state index is 0.773. The maximum atomic E-state index is 5.33. The van der Waals surface area contributed by atoms with E-state index in [1.807, 2.05) is 30.3 Å². The summed E-state index contributed by atoms with van der Waals surface area (Å²) >= 11 is 0. The van der Waals surface area contributed by atoms with Gasteiger partial charge in [-0.3, -0.25) is 0 Å². The fourth-order valence-electron chi connectivity index (χ4n) is 1.89. The third-order valence-electron chi connectivity index (χ3n) is 2.88. The first-order valence-corrected chi connectivity index (χ1v) is 6.39. The lowest BCUT2D eigenvalue weighted by Crippen LogP contribution is -2.00. The molecule has 0 aliphatic heterocycles. The Morgan fingerprint density at radius 3 is 2.63 bits per heavy atom. The van der Waals surface area contributed by atoms with E-state index in [9.17, 15) is 0 Å². The second-order valence-corrected chi connectivity index (χ2v) is 4.40. The van der Waals surface area contributed by atoms with Gasteiger partial charge in [0.05, 0.1) is 12.8 Å². The van der Waals surface area contributed by atoms with Gasteiger partial charge in [0.2, 0.25) is 0 Å². The molecule has 0 radical (unpaired) electrons. The molecule has 2 rings (SSSR count). The Morgan fingerprint density at radius 1 is 1.11 bits per heavy atom. The molecule has 19 heavy (non-hydrogen) atoms. The first-order valence-electron chi connectivity index (χ1n) is 6.39. The van der Waals surface area contributed by atoms with Gasteiger partial charge in [-0.2, -0.15) is 0 Å². The van der Waals surface area contributed by atoms with Crippen LogP contribution in [0.15, 0.2) is 54.6 Å². The van der Waals surface area contributed by atoms with Gasteiger partial charge in [-0.15, -0.1) is 0 Å². The standard InChI is InChI=1S/C17H19NO/c1-14-10-11-17(19-2)16(13-14)18-12-6-9-15-7-4-3-5-8-15/h3-11,13,18H,12H2,1-2H3. The summed E-state index contributed by atoms with van der Waals surface area (Å²) in [7, 11) is 1.69. The second kappa shape index (κ2) is 6.64. The maximum absolute atomic E-state index is 5.33.